The third-order valence-corrected chi connectivity index (χ3v) is 12.4. The van der Waals surface area contributed by atoms with E-state index in [0.717, 1.165) is 60.5 Å². The van der Waals surface area contributed by atoms with Crippen molar-refractivity contribution in [3.63, 3.8) is 0 Å². The van der Waals surface area contributed by atoms with Crippen LogP contribution in [0, 0.1) is 0 Å². The Labute approximate surface area is 253 Å². The van der Waals surface area contributed by atoms with Gasteiger partial charge in [0.25, 0.3) is 10.0 Å². The summed E-state index contributed by atoms with van der Waals surface area (Å²) in [6.45, 7) is 5.72. The summed E-state index contributed by atoms with van der Waals surface area (Å²) in [7, 11) is 0.551. The van der Waals surface area contributed by atoms with Crippen molar-refractivity contribution >= 4 is 32.4 Å². The van der Waals surface area contributed by atoms with Gasteiger partial charge in [-0.05, 0) is 88.8 Å². The summed E-state index contributed by atoms with van der Waals surface area (Å²) in [6, 6.07) is 11.8. The molecule has 3 aliphatic rings. The lowest BCUT2D eigenvalue weighted by molar-refractivity contribution is 0.0878. The summed E-state index contributed by atoms with van der Waals surface area (Å²) in [5.74, 6) is 0.436. The minimum Gasteiger partial charge on any atom is -0.304 e. The number of thiazole rings is 1. The Hall–Kier alpha value is -2.63. The molecule has 1 unspecified atom stereocenters. The standard InChI is InChI=1S/C32H40N6O2S2/c1-35-15-17-37(18-16-35)25-12-10-23(11-13-25)24-19-27-28(29-22-41-32(34-29)30-9-6-14-36(30)2)21-38(31(27)33-20-24)42(39,40)26-7-4-3-5-8-26/h3-5,7-8,19-23,25,30H,6,9-18H2,1-2H3/t23-,25+,30?. The Morgan fingerprint density at radius 1 is 0.929 bits per heavy atom. The van der Waals surface area contributed by atoms with E-state index >= 15 is 0 Å². The van der Waals surface area contributed by atoms with Gasteiger partial charge in [0.05, 0.1) is 16.6 Å². The van der Waals surface area contributed by atoms with E-state index in [1.54, 1.807) is 41.8 Å². The Morgan fingerprint density at radius 2 is 1.69 bits per heavy atom. The smallest absolute Gasteiger partial charge is 0.269 e. The quantitative estimate of drug-likeness (QED) is 0.290. The molecule has 1 aromatic carbocycles. The van der Waals surface area contributed by atoms with Gasteiger partial charge in [0.1, 0.15) is 5.01 Å². The van der Waals surface area contributed by atoms with Gasteiger partial charge >= 0.3 is 0 Å². The van der Waals surface area contributed by atoms with E-state index in [-0.39, 0.29) is 4.90 Å². The highest BCUT2D eigenvalue weighted by atomic mass is 32.2. The zero-order valence-electron chi connectivity index (χ0n) is 24.5. The summed E-state index contributed by atoms with van der Waals surface area (Å²) in [5, 5.41) is 4.05. The topological polar surface area (TPSA) is 74.6 Å². The molecule has 0 N–H and O–H groups in total. The summed E-state index contributed by atoms with van der Waals surface area (Å²) < 4.78 is 29.0. The summed E-state index contributed by atoms with van der Waals surface area (Å²) >= 11 is 1.67. The molecule has 3 fully saturated rings. The van der Waals surface area contributed by atoms with Crippen molar-refractivity contribution in [2.75, 3.05) is 46.8 Å². The maximum atomic E-state index is 13.8. The number of piperazine rings is 1. The number of likely N-dealkylation sites (N-methyl/N-ethyl adjacent to an activating group) is 1. The van der Waals surface area contributed by atoms with Crippen molar-refractivity contribution in [1.29, 1.82) is 0 Å². The number of hydrogen-bond acceptors (Lipinski definition) is 8. The SMILES string of the molecule is CN1CCN([C@H]2CC[C@@H](c3cnc4c(c3)c(-c3csc(C5CCCN5C)n3)cn4S(=O)(=O)c3ccccc3)CC2)CC1. The van der Waals surface area contributed by atoms with Gasteiger partial charge < -0.3 is 4.90 Å². The molecule has 2 aliphatic heterocycles. The Morgan fingerprint density at radius 3 is 2.40 bits per heavy atom. The van der Waals surface area contributed by atoms with E-state index in [4.69, 9.17) is 9.97 Å². The second-order valence-electron chi connectivity index (χ2n) is 12.4. The zero-order chi connectivity index (χ0) is 28.8. The van der Waals surface area contributed by atoms with E-state index in [0.29, 0.717) is 23.6 Å². The maximum absolute atomic E-state index is 13.8. The molecule has 0 spiro atoms. The van der Waals surface area contributed by atoms with Crippen molar-refractivity contribution in [3.8, 4) is 11.3 Å². The van der Waals surface area contributed by atoms with Crippen LogP contribution in [0.4, 0.5) is 0 Å². The van der Waals surface area contributed by atoms with Crippen molar-refractivity contribution in [1.82, 2.24) is 28.6 Å². The van der Waals surface area contributed by atoms with Crippen LogP contribution in [-0.4, -0.2) is 89.9 Å². The van der Waals surface area contributed by atoms with Crippen LogP contribution in [-0.2, 0) is 10.0 Å². The van der Waals surface area contributed by atoms with Crippen LogP contribution in [0.15, 0.2) is 59.1 Å². The summed E-state index contributed by atoms with van der Waals surface area (Å²) in [5.41, 5.74) is 3.35. The summed E-state index contributed by atoms with van der Waals surface area (Å²) in [4.78, 5) is 17.6. The first-order valence-electron chi connectivity index (χ1n) is 15.3. The number of pyridine rings is 1. The molecular weight excluding hydrogens is 565 g/mol. The van der Waals surface area contributed by atoms with Gasteiger partial charge in [0, 0.05) is 60.9 Å². The fourth-order valence-electron chi connectivity index (χ4n) is 7.16. The number of hydrogen-bond donors (Lipinski definition) is 0. The number of fused-ring (bicyclic) bond motifs is 1. The number of benzene rings is 1. The van der Waals surface area contributed by atoms with Crippen LogP contribution in [0.3, 0.4) is 0 Å². The maximum Gasteiger partial charge on any atom is 0.269 e. The molecule has 8 nitrogen and oxygen atoms in total. The molecule has 4 aromatic rings. The summed E-state index contributed by atoms with van der Waals surface area (Å²) in [6.07, 6.45) is 10.6. The number of nitrogens with zero attached hydrogens (tertiary/aromatic N) is 6. The predicted molar refractivity (Wildman–Crippen MR) is 169 cm³/mol. The van der Waals surface area contributed by atoms with Crippen LogP contribution in [0.1, 0.15) is 61.1 Å². The molecule has 0 bridgehead atoms. The molecule has 0 amide bonds. The second kappa shape index (κ2) is 11.5. The third kappa shape index (κ3) is 5.21. The van der Waals surface area contributed by atoms with E-state index in [9.17, 15) is 8.42 Å². The molecule has 5 heterocycles. The third-order valence-electron chi connectivity index (χ3n) is 9.76. The van der Waals surface area contributed by atoms with Crippen LogP contribution in [0.5, 0.6) is 0 Å². The molecule has 1 saturated carbocycles. The lowest BCUT2D eigenvalue weighted by Gasteiger charge is -2.41. The van der Waals surface area contributed by atoms with Gasteiger partial charge in [-0.25, -0.2) is 22.4 Å². The normalized spacial score (nSPS) is 25.0. The Bertz CT molecular complexity index is 1650. The zero-order valence-corrected chi connectivity index (χ0v) is 26.2. The lowest BCUT2D eigenvalue weighted by Crippen LogP contribution is -2.49. The minimum absolute atomic E-state index is 0.258. The Balaban J connectivity index is 1.23. The lowest BCUT2D eigenvalue weighted by atomic mass is 9.81. The largest absolute Gasteiger partial charge is 0.304 e. The van der Waals surface area contributed by atoms with Crippen LogP contribution in [0.2, 0.25) is 0 Å². The highest BCUT2D eigenvalue weighted by molar-refractivity contribution is 7.90. The molecule has 1 aliphatic carbocycles. The van der Waals surface area contributed by atoms with Gasteiger partial charge in [-0.1, -0.05) is 18.2 Å². The monoisotopic (exact) mass is 604 g/mol. The van der Waals surface area contributed by atoms with Gasteiger partial charge in [0.15, 0.2) is 5.65 Å². The fraction of sp³-hybridized carbons (Fsp3) is 0.500. The number of likely N-dealkylation sites (tertiary alicyclic amines) is 1. The molecular formula is C32H40N6O2S2. The first kappa shape index (κ1) is 28.2. The molecule has 222 valence electrons. The number of aromatic nitrogens is 3. The van der Waals surface area contributed by atoms with E-state index in [1.807, 2.05) is 12.3 Å². The van der Waals surface area contributed by atoms with E-state index in [2.05, 4.69) is 40.2 Å². The van der Waals surface area contributed by atoms with Gasteiger partial charge in [0.2, 0.25) is 0 Å². The average Bonchev–Trinajstić information content (AvgIpc) is 3.76. The minimum atomic E-state index is -3.82. The molecule has 0 radical (unpaired) electrons. The molecule has 10 heteroatoms. The predicted octanol–water partition coefficient (Wildman–Crippen LogP) is 5.44. The van der Waals surface area contributed by atoms with Crippen LogP contribution >= 0.6 is 11.3 Å². The van der Waals surface area contributed by atoms with E-state index < -0.39 is 10.0 Å². The van der Waals surface area contributed by atoms with E-state index in [1.165, 1.54) is 41.9 Å². The van der Waals surface area contributed by atoms with Crippen molar-refractivity contribution in [2.45, 2.75) is 61.4 Å². The van der Waals surface area contributed by atoms with Crippen LogP contribution in [0.25, 0.3) is 22.3 Å². The second-order valence-corrected chi connectivity index (χ2v) is 15.1. The molecule has 2 saturated heterocycles. The highest BCUT2D eigenvalue weighted by Crippen LogP contribution is 2.40. The first-order chi connectivity index (χ1) is 20.4. The van der Waals surface area contributed by atoms with Crippen molar-refractivity contribution in [3.05, 3.63) is 64.7 Å². The van der Waals surface area contributed by atoms with Gasteiger partial charge in [-0.15, -0.1) is 11.3 Å². The first-order valence-corrected chi connectivity index (χ1v) is 17.6. The van der Waals surface area contributed by atoms with Gasteiger partial charge in [-0.2, -0.15) is 0 Å². The molecule has 7 rings (SSSR count). The molecule has 3 aromatic heterocycles. The fourth-order valence-corrected chi connectivity index (χ4v) is 9.52. The highest BCUT2D eigenvalue weighted by Gasteiger charge is 2.31. The molecule has 1 atom stereocenters. The van der Waals surface area contributed by atoms with Gasteiger partial charge in [-0.3, -0.25) is 9.80 Å². The van der Waals surface area contributed by atoms with Crippen molar-refractivity contribution in [2.24, 2.45) is 0 Å². The molecule has 42 heavy (non-hydrogen) atoms. The van der Waals surface area contributed by atoms with Crippen molar-refractivity contribution < 1.29 is 8.42 Å². The Kier molecular flexibility index (Phi) is 7.69. The van der Waals surface area contributed by atoms with Crippen LogP contribution < -0.4 is 0 Å². The number of rotatable bonds is 6. The average molecular weight is 605 g/mol.